The van der Waals surface area contributed by atoms with Crippen LogP contribution in [-0.2, 0) is 11.8 Å². The molecule has 5 nitrogen and oxygen atoms in total. The highest BCUT2D eigenvalue weighted by Gasteiger charge is 2.21. The van der Waals surface area contributed by atoms with Crippen LogP contribution in [0.3, 0.4) is 0 Å². The number of carbonyl (C=O) groups excluding carboxylic acids is 1. The molecule has 1 amide bonds. The van der Waals surface area contributed by atoms with Crippen LogP contribution >= 0.6 is 0 Å². The fraction of sp³-hybridized carbons (Fsp3) is 0.273. The van der Waals surface area contributed by atoms with Crippen LogP contribution < -0.4 is 10.1 Å². The van der Waals surface area contributed by atoms with Gasteiger partial charge in [-0.2, -0.15) is 0 Å². The van der Waals surface area contributed by atoms with Crippen LogP contribution in [0, 0.1) is 26.6 Å². The Balaban J connectivity index is 1.78. The predicted octanol–water partition coefficient (Wildman–Crippen LogP) is 3.77. The Labute approximate surface area is 164 Å². The van der Waals surface area contributed by atoms with Crippen molar-refractivity contribution in [2.24, 2.45) is 7.05 Å². The number of halogens is 1. The molecule has 0 bridgehead atoms. The van der Waals surface area contributed by atoms with Crippen molar-refractivity contribution in [3.05, 3.63) is 82.7 Å². The molecule has 28 heavy (non-hydrogen) atoms. The molecule has 0 saturated heterocycles. The number of nitrogens with one attached hydrogen (secondary N) is 1. The lowest BCUT2D eigenvalue weighted by Crippen LogP contribution is -2.34. The number of benzene rings is 2. The number of nitrogens with zero attached hydrogens (tertiary/aromatic N) is 2. The number of hydrogen-bond acceptors (Lipinski definition) is 3. The minimum absolute atomic E-state index is 0.138. The maximum Gasteiger partial charge on any atom is 0.258 e. The summed E-state index contributed by atoms with van der Waals surface area (Å²) in [6, 6.07) is 9.60. The molecule has 146 valence electrons. The SMILES string of the molecule is Cc1cc(C)c(OCC(=O)N[C@@H](c2cccc(F)c2)c2nccn2C)c(C)c1. The van der Waals surface area contributed by atoms with E-state index < -0.39 is 6.04 Å². The van der Waals surface area contributed by atoms with Crippen molar-refractivity contribution < 1.29 is 13.9 Å². The molecule has 0 aliphatic rings. The quantitative estimate of drug-likeness (QED) is 0.707. The van der Waals surface area contributed by atoms with Gasteiger partial charge in [0.25, 0.3) is 5.91 Å². The largest absolute Gasteiger partial charge is 0.483 e. The maximum atomic E-state index is 13.7. The van der Waals surface area contributed by atoms with Crippen LogP contribution in [0.15, 0.2) is 48.8 Å². The summed E-state index contributed by atoms with van der Waals surface area (Å²) in [4.78, 5) is 16.9. The standard InChI is InChI=1S/C22H24FN3O2/c1-14-10-15(2)21(16(3)11-14)28-13-19(27)25-20(22-24-8-9-26(22)4)17-6-5-7-18(23)12-17/h5-12,20H,13H2,1-4H3,(H,25,27)/t20-/m0/s1. The fourth-order valence-corrected chi connectivity index (χ4v) is 3.37. The summed E-state index contributed by atoms with van der Waals surface area (Å²) in [5.41, 5.74) is 3.73. The minimum Gasteiger partial charge on any atom is -0.483 e. The van der Waals surface area contributed by atoms with E-state index in [4.69, 9.17) is 4.74 Å². The van der Waals surface area contributed by atoms with Crippen LogP contribution in [0.4, 0.5) is 4.39 Å². The number of ether oxygens (including phenoxy) is 1. The molecule has 0 aliphatic carbocycles. The molecule has 0 saturated carbocycles. The molecule has 3 aromatic rings. The summed E-state index contributed by atoms with van der Waals surface area (Å²) in [5, 5.41) is 2.91. The first-order chi connectivity index (χ1) is 13.3. The lowest BCUT2D eigenvalue weighted by Gasteiger charge is -2.20. The van der Waals surface area contributed by atoms with Crippen molar-refractivity contribution in [3.8, 4) is 5.75 Å². The first-order valence-electron chi connectivity index (χ1n) is 9.08. The molecular weight excluding hydrogens is 357 g/mol. The van der Waals surface area contributed by atoms with Gasteiger partial charge in [-0.1, -0.05) is 29.8 Å². The Hall–Kier alpha value is -3.15. The molecule has 1 aromatic heterocycles. The van der Waals surface area contributed by atoms with Crippen molar-refractivity contribution in [1.29, 1.82) is 0 Å². The minimum atomic E-state index is -0.577. The summed E-state index contributed by atoms with van der Waals surface area (Å²) in [6.45, 7) is 5.79. The summed E-state index contributed by atoms with van der Waals surface area (Å²) in [5.74, 6) is 0.645. The van der Waals surface area contributed by atoms with Crippen molar-refractivity contribution in [2.45, 2.75) is 26.8 Å². The predicted molar refractivity (Wildman–Crippen MR) is 106 cm³/mol. The van der Waals surface area contributed by atoms with Gasteiger partial charge in [-0.3, -0.25) is 4.79 Å². The van der Waals surface area contributed by atoms with Gasteiger partial charge in [0.2, 0.25) is 0 Å². The van der Waals surface area contributed by atoms with Gasteiger partial charge >= 0.3 is 0 Å². The second kappa shape index (κ2) is 8.25. The van der Waals surface area contributed by atoms with Gasteiger partial charge in [0.1, 0.15) is 23.4 Å². The molecule has 1 heterocycles. The van der Waals surface area contributed by atoms with Gasteiger partial charge in [-0.25, -0.2) is 9.37 Å². The highest BCUT2D eigenvalue weighted by molar-refractivity contribution is 5.78. The number of rotatable bonds is 6. The Morgan fingerprint density at radius 3 is 2.54 bits per heavy atom. The molecule has 0 radical (unpaired) electrons. The molecule has 0 unspecified atom stereocenters. The number of imidazole rings is 1. The number of aromatic nitrogens is 2. The molecule has 0 fully saturated rings. The molecule has 1 atom stereocenters. The third kappa shape index (κ3) is 4.39. The fourth-order valence-electron chi connectivity index (χ4n) is 3.37. The van der Waals surface area contributed by atoms with Crippen molar-refractivity contribution >= 4 is 5.91 Å². The molecule has 0 spiro atoms. The number of carbonyl (C=O) groups is 1. The first-order valence-corrected chi connectivity index (χ1v) is 9.08. The smallest absolute Gasteiger partial charge is 0.258 e. The third-order valence-electron chi connectivity index (χ3n) is 4.56. The number of hydrogen-bond donors (Lipinski definition) is 1. The highest BCUT2D eigenvalue weighted by Crippen LogP contribution is 2.25. The number of aryl methyl sites for hydroxylation is 4. The van der Waals surface area contributed by atoms with Gasteiger partial charge < -0.3 is 14.6 Å². The van der Waals surface area contributed by atoms with Gasteiger partial charge in [0.15, 0.2) is 6.61 Å². The Bertz CT molecular complexity index is 974. The summed E-state index contributed by atoms with van der Waals surface area (Å²) < 4.78 is 21.3. The summed E-state index contributed by atoms with van der Waals surface area (Å²) in [6.07, 6.45) is 3.42. The molecule has 2 aromatic carbocycles. The van der Waals surface area contributed by atoms with E-state index in [9.17, 15) is 9.18 Å². The zero-order chi connectivity index (χ0) is 20.3. The zero-order valence-corrected chi connectivity index (χ0v) is 16.5. The zero-order valence-electron chi connectivity index (χ0n) is 16.5. The summed E-state index contributed by atoms with van der Waals surface area (Å²) >= 11 is 0. The van der Waals surface area contributed by atoms with E-state index in [0.717, 1.165) is 16.7 Å². The van der Waals surface area contributed by atoms with E-state index in [0.29, 0.717) is 17.1 Å². The Morgan fingerprint density at radius 2 is 1.93 bits per heavy atom. The first kappa shape index (κ1) is 19.6. The molecule has 1 N–H and O–H groups in total. The molecule has 0 aliphatic heterocycles. The van der Waals surface area contributed by atoms with Crippen molar-refractivity contribution in [3.63, 3.8) is 0 Å². The van der Waals surface area contributed by atoms with E-state index in [1.54, 1.807) is 29.1 Å². The van der Waals surface area contributed by atoms with Gasteiger partial charge in [-0.15, -0.1) is 0 Å². The maximum absolute atomic E-state index is 13.7. The molecule has 6 heteroatoms. The monoisotopic (exact) mass is 381 g/mol. The van der Waals surface area contributed by atoms with E-state index in [-0.39, 0.29) is 18.3 Å². The average molecular weight is 381 g/mol. The van der Waals surface area contributed by atoms with Crippen molar-refractivity contribution in [2.75, 3.05) is 6.61 Å². The normalized spacial score (nSPS) is 11.9. The lowest BCUT2D eigenvalue weighted by atomic mass is 10.1. The van der Waals surface area contributed by atoms with Gasteiger partial charge in [-0.05, 0) is 49.6 Å². The second-order valence-corrected chi connectivity index (χ2v) is 6.97. The van der Waals surface area contributed by atoms with Crippen LogP contribution in [0.5, 0.6) is 5.75 Å². The molecule has 3 rings (SSSR count). The third-order valence-corrected chi connectivity index (χ3v) is 4.56. The molecular formula is C22H24FN3O2. The lowest BCUT2D eigenvalue weighted by molar-refractivity contribution is -0.123. The highest BCUT2D eigenvalue weighted by atomic mass is 19.1. The number of amides is 1. The van der Waals surface area contributed by atoms with E-state index >= 15 is 0 Å². The Morgan fingerprint density at radius 1 is 1.21 bits per heavy atom. The topological polar surface area (TPSA) is 56.1 Å². The summed E-state index contributed by atoms with van der Waals surface area (Å²) in [7, 11) is 1.83. The van der Waals surface area contributed by atoms with Crippen LogP contribution in [-0.4, -0.2) is 22.1 Å². The van der Waals surface area contributed by atoms with Gasteiger partial charge in [0, 0.05) is 19.4 Å². The van der Waals surface area contributed by atoms with E-state index in [1.807, 2.05) is 40.0 Å². The average Bonchev–Trinajstić information content (AvgIpc) is 3.04. The van der Waals surface area contributed by atoms with Crippen LogP contribution in [0.2, 0.25) is 0 Å². The van der Waals surface area contributed by atoms with E-state index in [2.05, 4.69) is 10.3 Å². The second-order valence-electron chi connectivity index (χ2n) is 6.97. The van der Waals surface area contributed by atoms with Crippen LogP contribution in [0.1, 0.15) is 34.1 Å². The van der Waals surface area contributed by atoms with Crippen LogP contribution in [0.25, 0.3) is 0 Å². The van der Waals surface area contributed by atoms with E-state index in [1.165, 1.54) is 12.1 Å². The van der Waals surface area contributed by atoms with Gasteiger partial charge in [0.05, 0.1) is 0 Å². The Kier molecular flexibility index (Phi) is 5.78. The van der Waals surface area contributed by atoms with Crippen molar-refractivity contribution in [1.82, 2.24) is 14.9 Å².